The number of fused-ring (bicyclic) bond motifs is 2. The summed E-state index contributed by atoms with van der Waals surface area (Å²) in [5.41, 5.74) is -0.502. The number of carbonyl (C=O) groups excluding carboxylic acids is 1. The molecule has 13 heteroatoms. The molecule has 6 rings (SSSR count). The first-order chi connectivity index (χ1) is 20.1. The number of aliphatic hydroxyl groups is 1. The molecule has 0 radical (unpaired) electrons. The van der Waals surface area contributed by atoms with Gasteiger partial charge in [-0.3, -0.25) is 19.8 Å². The number of aliphatic hydroxyl groups excluding tert-OH is 1. The molecule has 2 heterocycles. The third-order valence-electron chi connectivity index (χ3n) is 8.57. The number of halogens is 5. The van der Waals surface area contributed by atoms with Crippen LogP contribution in [0.4, 0.5) is 20.2 Å². The smallest absolute Gasteiger partial charge is 0.276 e. The van der Waals surface area contributed by atoms with Crippen LogP contribution in [0.25, 0.3) is 0 Å². The van der Waals surface area contributed by atoms with Crippen LogP contribution in [0.5, 0.6) is 0 Å². The Balaban J connectivity index is 1.55. The van der Waals surface area contributed by atoms with Gasteiger partial charge in [-0.1, -0.05) is 41.4 Å². The molecular weight excluding hydrogens is 657 g/mol. The number of nitrogens with one attached hydrogen (secondary N) is 2. The Kier molecular flexibility index (Phi) is 7.78. The van der Waals surface area contributed by atoms with Crippen LogP contribution in [0.1, 0.15) is 35.4 Å². The molecule has 220 valence electrons. The lowest BCUT2D eigenvalue weighted by molar-refractivity contribution is -0.385. The van der Waals surface area contributed by atoms with Crippen molar-refractivity contribution in [3.63, 3.8) is 0 Å². The van der Waals surface area contributed by atoms with Crippen molar-refractivity contribution in [3.05, 3.63) is 101 Å². The Morgan fingerprint density at radius 2 is 1.95 bits per heavy atom. The van der Waals surface area contributed by atoms with Crippen LogP contribution in [0, 0.1) is 27.7 Å². The average Bonchev–Trinajstić information content (AvgIpc) is 3.67. The van der Waals surface area contributed by atoms with Gasteiger partial charge in [0, 0.05) is 46.9 Å². The highest BCUT2D eigenvalue weighted by Gasteiger charge is 2.67. The maximum atomic E-state index is 16.0. The quantitative estimate of drug-likeness (QED) is 0.195. The van der Waals surface area contributed by atoms with Gasteiger partial charge in [-0.2, -0.15) is 0 Å². The van der Waals surface area contributed by atoms with Crippen LogP contribution >= 0.6 is 39.1 Å². The number of benzene rings is 3. The van der Waals surface area contributed by atoms with Gasteiger partial charge in [0.25, 0.3) is 5.69 Å². The molecule has 3 aliphatic rings. The van der Waals surface area contributed by atoms with E-state index in [2.05, 4.69) is 26.6 Å². The van der Waals surface area contributed by atoms with Gasteiger partial charge in [0.05, 0.1) is 33.1 Å². The molecule has 3 aromatic rings. The fourth-order valence-corrected chi connectivity index (χ4v) is 7.37. The minimum absolute atomic E-state index is 0.0419. The lowest BCUT2D eigenvalue weighted by Gasteiger charge is -2.39. The molecule has 1 saturated carbocycles. The molecule has 3 N–H and O–H groups in total. The largest absolute Gasteiger partial charge is 0.395 e. The first-order valence-electron chi connectivity index (χ1n) is 13.4. The Morgan fingerprint density at radius 3 is 2.64 bits per heavy atom. The number of hydrogen-bond acceptors (Lipinski definition) is 6. The number of carbonyl (C=O) groups is 1. The molecule has 42 heavy (non-hydrogen) atoms. The van der Waals surface area contributed by atoms with E-state index < -0.39 is 58.3 Å². The van der Waals surface area contributed by atoms with E-state index in [1.807, 2.05) is 4.90 Å². The van der Waals surface area contributed by atoms with Crippen LogP contribution in [-0.2, 0) is 16.9 Å². The molecule has 0 unspecified atom stereocenters. The number of nitro benzene ring substituents is 1. The van der Waals surface area contributed by atoms with Crippen molar-refractivity contribution < 1.29 is 23.6 Å². The predicted molar refractivity (Wildman–Crippen MR) is 158 cm³/mol. The van der Waals surface area contributed by atoms with Crippen molar-refractivity contribution in [2.45, 2.75) is 42.9 Å². The zero-order valence-corrected chi connectivity index (χ0v) is 25.0. The van der Waals surface area contributed by atoms with Gasteiger partial charge in [-0.05, 0) is 64.5 Å². The van der Waals surface area contributed by atoms with Crippen LogP contribution in [0.15, 0.2) is 53.0 Å². The van der Waals surface area contributed by atoms with Gasteiger partial charge < -0.3 is 15.7 Å². The number of rotatable bonds is 8. The molecule has 1 amide bonds. The Bertz CT molecular complexity index is 1610. The Labute approximate surface area is 258 Å². The number of nitro groups is 1. The Hall–Kier alpha value is -2.67. The molecule has 2 fully saturated rings. The summed E-state index contributed by atoms with van der Waals surface area (Å²) in [7, 11) is 0. The highest BCUT2D eigenvalue weighted by molar-refractivity contribution is 9.10. The van der Waals surface area contributed by atoms with Gasteiger partial charge in [0.15, 0.2) is 0 Å². The molecule has 1 spiro atoms. The van der Waals surface area contributed by atoms with Gasteiger partial charge in [0.2, 0.25) is 5.91 Å². The number of anilines is 1. The third-order valence-corrected chi connectivity index (χ3v) is 9.70. The van der Waals surface area contributed by atoms with Crippen molar-refractivity contribution in [1.82, 2.24) is 10.2 Å². The predicted octanol–water partition coefficient (Wildman–Crippen LogP) is 6.12. The SMILES string of the molecule is O=C1Nc2cc(Cl)ccc2[C@@]12[C@@H](c1cccc(Cl)c1F)[C@H](NCc1cc(Br)c(F)cc1[N+](=O)[O-])[C@H](CO)N2CC1CC1. The maximum absolute atomic E-state index is 16.0. The summed E-state index contributed by atoms with van der Waals surface area (Å²) in [6.07, 6.45) is 1.90. The second kappa shape index (κ2) is 11.1. The standard InChI is InChI=1S/C29H25BrCl2F2N4O4/c30-19-8-15(23(38(41)42)10-21(19)33)11-35-27-24(13-39)37(12-14-4-5-14)29(25(27)17-2-1-3-20(32)26(17)34)18-7-6-16(31)9-22(18)36-28(29)40/h1-3,6-10,14,24-25,27,35,39H,4-5,11-13H2,(H,36,40)/t24-,25-,27+,29+/m0/s1. The van der Waals surface area contributed by atoms with Crippen LogP contribution < -0.4 is 10.6 Å². The van der Waals surface area contributed by atoms with Crippen molar-refractivity contribution in [2.24, 2.45) is 5.92 Å². The van der Waals surface area contributed by atoms with Crippen LogP contribution in [-0.4, -0.2) is 46.1 Å². The van der Waals surface area contributed by atoms with Gasteiger partial charge in [0.1, 0.15) is 17.2 Å². The molecule has 0 aromatic heterocycles. The van der Waals surface area contributed by atoms with E-state index in [4.69, 9.17) is 23.2 Å². The van der Waals surface area contributed by atoms with E-state index in [0.29, 0.717) is 22.8 Å². The average molecular weight is 682 g/mol. The number of hydrogen-bond donors (Lipinski definition) is 3. The first-order valence-corrected chi connectivity index (χ1v) is 14.9. The molecule has 0 bridgehead atoms. The van der Waals surface area contributed by atoms with Crippen molar-refractivity contribution in [3.8, 4) is 0 Å². The lowest BCUT2D eigenvalue weighted by Crippen LogP contribution is -2.53. The van der Waals surface area contributed by atoms with E-state index in [9.17, 15) is 24.4 Å². The summed E-state index contributed by atoms with van der Waals surface area (Å²) in [5.74, 6) is -2.55. The molecule has 1 aliphatic carbocycles. The van der Waals surface area contributed by atoms with Gasteiger partial charge in [-0.25, -0.2) is 8.78 Å². The summed E-state index contributed by atoms with van der Waals surface area (Å²) in [6, 6.07) is 10.3. The second-order valence-electron chi connectivity index (χ2n) is 10.9. The molecule has 1 saturated heterocycles. The van der Waals surface area contributed by atoms with Crippen molar-refractivity contribution in [2.75, 3.05) is 18.5 Å². The lowest BCUT2D eigenvalue weighted by atomic mass is 9.73. The first kappa shape index (κ1) is 29.4. The Morgan fingerprint density at radius 1 is 1.19 bits per heavy atom. The second-order valence-corrected chi connectivity index (χ2v) is 12.6. The summed E-state index contributed by atoms with van der Waals surface area (Å²) >= 11 is 15.6. The summed E-state index contributed by atoms with van der Waals surface area (Å²) in [4.78, 5) is 27.3. The zero-order valence-electron chi connectivity index (χ0n) is 21.9. The van der Waals surface area contributed by atoms with Gasteiger partial charge >= 0.3 is 0 Å². The van der Waals surface area contributed by atoms with E-state index >= 15 is 4.39 Å². The number of nitrogens with zero attached hydrogens (tertiary/aromatic N) is 2. The highest BCUT2D eigenvalue weighted by atomic mass is 79.9. The number of amides is 1. The summed E-state index contributed by atoms with van der Waals surface area (Å²) in [5, 5.41) is 29.2. The molecule has 3 aromatic carbocycles. The maximum Gasteiger partial charge on any atom is 0.276 e. The molecule has 8 nitrogen and oxygen atoms in total. The monoisotopic (exact) mass is 680 g/mol. The minimum Gasteiger partial charge on any atom is -0.395 e. The zero-order chi connectivity index (χ0) is 29.9. The fraction of sp³-hybridized carbons (Fsp3) is 0.345. The summed E-state index contributed by atoms with van der Waals surface area (Å²) < 4.78 is 30.2. The normalized spacial score (nSPS) is 25.2. The van der Waals surface area contributed by atoms with E-state index in [-0.39, 0.29) is 33.1 Å². The van der Waals surface area contributed by atoms with E-state index in [0.717, 1.165) is 18.9 Å². The van der Waals surface area contributed by atoms with Crippen LogP contribution in [0.2, 0.25) is 10.0 Å². The molecular formula is C29H25BrCl2F2N4O4. The fourth-order valence-electron chi connectivity index (χ4n) is 6.62. The highest BCUT2D eigenvalue weighted by Crippen LogP contribution is 2.58. The minimum atomic E-state index is -1.46. The van der Waals surface area contributed by atoms with Crippen molar-refractivity contribution in [1.29, 1.82) is 0 Å². The summed E-state index contributed by atoms with van der Waals surface area (Å²) in [6.45, 7) is -0.0620. The van der Waals surface area contributed by atoms with E-state index in [1.165, 1.54) is 12.1 Å². The third kappa shape index (κ3) is 4.71. The van der Waals surface area contributed by atoms with Crippen molar-refractivity contribution >= 4 is 56.4 Å². The topological polar surface area (TPSA) is 108 Å². The van der Waals surface area contributed by atoms with E-state index in [1.54, 1.807) is 30.3 Å². The molecule has 4 atom stereocenters. The van der Waals surface area contributed by atoms with Crippen LogP contribution in [0.3, 0.4) is 0 Å². The molecule has 2 aliphatic heterocycles. The number of likely N-dealkylation sites (tertiary alicyclic amines) is 1. The van der Waals surface area contributed by atoms with Gasteiger partial charge in [-0.15, -0.1) is 0 Å².